The lowest BCUT2D eigenvalue weighted by molar-refractivity contribution is -0.119. The first-order valence-electron chi connectivity index (χ1n) is 11.3. The number of nitrogens with zero attached hydrogens (tertiary/aromatic N) is 3. The summed E-state index contributed by atoms with van der Waals surface area (Å²) in [5.74, 6) is -0.615. The van der Waals surface area contributed by atoms with Crippen LogP contribution in [0.15, 0.2) is 72.8 Å². The molecule has 5 rings (SSSR count). The molecule has 0 aliphatic carbocycles. The van der Waals surface area contributed by atoms with Gasteiger partial charge in [0.25, 0.3) is 0 Å². The van der Waals surface area contributed by atoms with Gasteiger partial charge in [-0.1, -0.05) is 43.3 Å². The number of rotatable bonds is 6. The summed E-state index contributed by atoms with van der Waals surface area (Å²) in [6, 6.07) is 21.9. The number of hydrogen-bond acceptors (Lipinski definition) is 5. The third kappa shape index (κ3) is 3.75. The Labute approximate surface area is 196 Å². The van der Waals surface area contributed by atoms with Gasteiger partial charge in [0.05, 0.1) is 28.7 Å². The largest absolute Gasteiger partial charge is 0.462 e. The molecule has 2 heterocycles. The highest BCUT2D eigenvalue weighted by atomic mass is 16.5. The molecule has 1 unspecified atom stereocenters. The van der Waals surface area contributed by atoms with Crippen molar-refractivity contribution in [2.24, 2.45) is 0 Å². The maximum atomic E-state index is 13.5. The van der Waals surface area contributed by atoms with Crippen LogP contribution in [0.3, 0.4) is 0 Å². The number of ether oxygens (including phenoxy) is 1. The van der Waals surface area contributed by atoms with E-state index in [9.17, 15) is 9.59 Å². The van der Waals surface area contributed by atoms with Gasteiger partial charge in [-0.25, -0.2) is 14.8 Å². The van der Waals surface area contributed by atoms with E-state index in [4.69, 9.17) is 14.7 Å². The van der Waals surface area contributed by atoms with Gasteiger partial charge in [-0.15, -0.1) is 0 Å². The molecule has 2 aromatic heterocycles. The molecule has 7 nitrogen and oxygen atoms in total. The fraction of sp³-hybridized carbons (Fsp3) is 0.185. The molecule has 0 fully saturated rings. The average molecular weight is 453 g/mol. The van der Waals surface area contributed by atoms with Gasteiger partial charge in [0, 0.05) is 11.1 Å². The number of aromatic nitrogens is 3. The monoisotopic (exact) mass is 452 g/mol. The van der Waals surface area contributed by atoms with E-state index in [2.05, 4.69) is 5.32 Å². The maximum absolute atomic E-state index is 13.5. The molecule has 0 aliphatic heterocycles. The number of carbonyl (C=O) groups is 2. The van der Waals surface area contributed by atoms with E-state index in [1.54, 1.807) is 31.2 Å². The second-order valence-corrected chi connectivity index (χ2v) is 7.99. The van der Waals surface area contributed by atoms with Gasteiger partial charge in [0.15, 0.2) is 5.65 Å². The van der Waals surface area contributed by atoms with Gasteiger partial charge in [-0.3, -0.25) is 4.79 Å². The van der Waals surface area contributed by atoms with Crippen LogP contribution >= 0.6 is 0 Å². The summed E-state index contributed by atoms with van der Waals surface area (Å²) in [7, 11) is 0. The fourth-order valence-corrected chi connectivity index (χ4v) is 4.30. The Morgan fingerprint density at radius 1 is 0.941 bits per heavy atom. The summed E-state index contributed by atoms with van der Waals surface area (Å²) in [4.78, 5) is 35.4. The lowest BCUT2D eigenvalue weighted by atomic mass is 10.1. The average Bonchev–Trinajstić information content (AvgIpc) is 3.17. The van der Waals surface area contributed by atoms with Crippen LogP contribution in [0.5, 0.6) is 0 Å². The van der Waals surface area contributed by atoms with Crippen LogP contribution in [0, 0.1) is 0 Å². The number of amides is 1. The van der Waals surface area contributed by atoms with E-state index in [1.165, 1.54) is 0 Å². The van der Waals surface area contributed by atoms with Crippen molar-refractivity contribution < 1.29 is 14.3 Å². The second-order valence-electron chi connectivity index (χ2n) is 7.99. The van der Waals surface area contributed by atoms with Crippen LogP contribution in [-0.2, 0) is 9.53 Å². The molecule has 1 amide bonds. The van der Waals surface area contributed by atoms with Gasteiger partial charge in [0.1, 0.15) is 11.6 Å². The predicted octanol–water partition coefficient (Wildman–Crippen LogP) is 5.50. The Bertz CT molecular complexity index is 1540. The minimum atomic E-state index is -0.524. The molecular formula is C27H24N4O3. The van der Waals surface area contributed by atoms with Crippen molar-refractivity contribution in [3.05, 3.63) is 78.4 Å². The van der Waals surface area contributed by atoms with Crippen LogP contribution < -0.4 is 5.32 Å². The fourth-order valence-electron chi connectivity index (χ4n) is 4.30. The topological polar surface area (TPSA) is 86.1 Å². The number of esters is 1. The SMILES string of the molecule is CCOC(=O)c1cccc(NC(=O)C(CC)n2c3ccccc3c3nc4ccccc4nc32)c1. The van der Waals surface area contributed by atoms with Crippen LogP contribution in [0.2, 0.25) is 0 Å². The number of carbonyl (C=O) groups excluding carboxylic acids is 2. The number of nitrogens with one attached hydrogen (secondary N) is 1. The summed E-state index contributed by atoms with van der Waals surface area (Å²) >= 11 is 0. The minimum Gasteiger partial charge on any atom is -0.462 e. The third-order valence-corrected chi connectivity index (χ3v) is 5.84. The number of hydrogen-bond donors (Lipinski definition) is 1. The van der Waals surface area contributed by atoms with Gasteiger partial charge in [-0.2, -0.15) is 0 Å². The lowest BCUT2D eigenvalue weighted by Crippen LogP contribution is -2.26. The van der Waals surface area contributed by atoms with Crippen molar-refractivity contribution in [3.8, 4) is 0 Å². The van der Waals surface area contributed by atoms with E-state index >= 15 is 0 Å². The summed E-state index contributed by atoms with van der Waals surface area (Å²) < 4.78 is 7.04. The highest BCUT2D eigenvalue weighted by Gasteiger charge is 2.25. The zero-order valence-electron chi connectivity index (χ0n) is 19.0. The number of anilines is 1. The molecule has 0 radical (unpaired) electrons. The first-order chi connectivity index (χ1) is 16.6. The third-order valence-electron chi connectivity index (χ3n) is 5.84. The Balaban J connectivity index is 1.59. The van der Waals surface area contributed by atoms with Crippen molar-refractivity contribution in [1.82, 2.24) is 14.5 Å². The van der Waals surface area contributed by atoms with Crippen molar-refractivity contribution in [2.45, 2.75) is 26.3 Å². The first-order valence-corrected chi connectivity index (χ1v) is 11.3. The molecule has 170 valence electrons. The molecule has 1 N–H and O–H groups in total. The molecule has 7 heteroatoms. The number of para-hydroxylation sites is 3. The van der Waals surface area contributed by atoms with E-state index in [0.29, 0.717) is 23.3 Å². The summed E-state index contributed by atoms with van der Waals surface area (Å²) in [5.41, 5.74) is 4.85. The Morgan fingerprint density at radius 2 is 1.68 bits per heavy atom. The van der Waals surface area contributed by atoms with Gasteiger partial charge in [-0.05, 0) is 49.7 Å². The molecule has 0 aliphatic rings. The lowest BCUT2D eigenvalue weighted by Gasteiger charge is -2.19. The smallest absolute Gasteiger partial charge is 0.338 e. The predicted molar refractivity (Wildman–Crippen MR) is 133 cm³/mol. The molecule has 0 bridgehead atoms. The molecule has 3 aromatic carbocycles. The zero-order valence-corrected chi connectivity index (χ0v) is 19.0. The van der Waals surface area contributed by atoms with E-state index in [-0.39, 0.29) is 12.5 Å². The minimum absolute atomic E-state index is 0.193. The summed E-state index contributed by atoms with van der Waals surface area (Å²) in [6.07, 6.45) is 0.547. The first kappa shape index (κ1) is 21.6. The highest BCUT2D eigenvalue weighted by Crippen LogP contribution is 2.32. The van der Waals surface area contributed by atoms with Gasteiger partial charge >= 0.3 is 5.97 Å². The van der Waals surface area contributed by atoms with Crippen molar-refractivity contribution >= 4 is 50.7 Å². The Hall–Kier alpha value is -4.26. The van der Waals surface area contributed by atoms with E-state index < -0.39 is 12.0 Å². The van der Waals surface area contributed by atoms with Crippen LogP contribution in [0.1, 0.15) is 36.7 Å². The zero-order chi connectivity index (χ0) is 23.7. The highest BCUT2D eigenvalue weighted by molar-refractivity contribution is 6.08. The van der Waals surface area contributed by atoms with Crippen molar-refractivity contribution in [1.29, 1.82) is 0 Å². The van der Waals surface area contributed by atoms with Crippen LogP contribution in [-0.4, -0.2) is 33.0 Å². The van der Waals surface area contributed by atoms with Gasteiger partial charge < -0.3 is 14.6 Å². The van der Waals surface area contributed by atoms with Crippen molar-refractivity contribution in [2.75, 3.05) is 11.9 Å². The maximum Gasteiger partial charge on any atom is 0.338 e. The van der Waals surface area contributed by atoms with E-state index in [0.717, 1.165) is 27.5 Å². The molecule has 0 saturated heterocycles. The molecule has 1 atom stereocenters. The summed E-state index contributed by atoms with van der Waals surface area (Å²) in [5, 5.41) is 3.92. The quantitative estimate of drug-likeness (QED) is 0.344. The second kappa shape index (κ2) is 8.94. The van der Waals surface area contributed by atoms with Crippen LogP contribution in [0.25, 0.3) is 33.1 Å². The molecule has 0 saturated carbocycles. The molecule has 34 heavy (non-hydrogen) atoms. The normalized spacial score (nSPS) is 12.2. The molecule has 5 aromatic rings. The summed E-state index contributed by atoms with van der Waals surface area (Å²) in [6.45, 7) is 4.01. The van der Waals surface area contributed by atoms with Crippen molar-refractivity contribution in [3.63, 3.8) is 0 Å². The van der Waals surface area contributed by atoms with Gasteiger partial charge in [0.2, 0.25) is 5.91 Å². The van der Waals surface area contributed by atoms with Crippen LogP contribution in [0.4, 0.5) is 5.69 Å². The Kier molecular flexibility index (Phi) is 5.67. The molecule has 0 spiro atoms. The molecular weight excluding hydrogens is 428 g/mol. The van der Waals surface area contributed by atoms with E-state index in [1.807, 2.05) is 60.0 Å². The Morgan fingerprint density at radius 3 is 2.44 bits per heavy atom. The number of fused-ring (bicyclic) bond motifs is 4. The number of benzene rings is 3. The standard InChI is InChI=1S/C27H24N4O3/c1-3-22(26(32)28-18-11-9-10-17(16-18)27(33)34-4-2)31-23-15-8-5-12-19(23)24-25(31)30-21-14-7-6-13-20(21)29-24/h5-16,22H,3-4H2,1-2H3,(H,28,32).